The van der Waals surface area contributed by atoms with Crippen LogP contribution in [0, 0.1) is 23.7 Å². The summed E-state index contributed by atoms with van der Waals surface area (Å²) in [5.74, 6) is -0.239. The lowest BCUT2D eigenvalue weighted by molar-refractivity contribution is -0.576. The van der Waals surface area contributed by atoms with Gasteiger partial charge in [-0.05, 0) is 50.2 Å². The van der Waals surface area contributed by atoms with Crippen LogP contribution in [0.4, 0.5) is 0 Å². The van der Waals surface area contributed by atoms with Crippen molar-refractivity contribution in [3.8, 4) is 0 Å². The van der Waals surface area contributed by atoms with E-state index in [1.807, 2.05) is 13.8 Å². The molecule has 1 amide bonds. The van der Waals surface area contributed by atoms with Gasteiger partial charge < -0.3 is 23.9 Å². The van der Waals surface area contributed by atoms with Gasteiger partial charge in [0.1, 0.15) is 5.76 Å². The Morgan fingerprint density at radius 3 is 2.79 bits per heavy atom. The van der Waals surface area contributed by atoms with E-state index < -0.39 is 29.9 Å². The molecule has 1 spiro atoms. The Bertz CT molecular complexity index is 874. The maximum Gasteiger partial charge on any atom is 0.308 e. The fourth-order valence-corrected chi connectivity index (χ4v) is 6.10. The molecule has 5 heterocycles. The summed E-state index contributed by atoms with van der Waals surface area (Å²) >= 11 is 0. The molecule has 0 unspecified atom stereocenters. The quantitative estimate of drug-likeness (QED) is 0.505. The zero-order valence-corrected chi connectivity index (χ0v) is 19.4. The lowest BCUT2D eigenvalue weighted by Gasteiger charge is -2.59. The van der Waals surface area contributed by atoms with Crippen LogP contribution in [-0.2, 0) is 40.1 Å². The van der Waals surface area contributed by atoms with Gasteiger partial charge in [-0.3, -0.25) is 9.59 Å². The molecule has 0 radical (unpaired) electrons. The third kappa shape index (κ3) is 4.09. The van der Waals surface area contributed by atoms with Crippen LogP contribution in [0.2, 0.25) is 0 Å². The second kappa shape index (κ2) is 8.69. The van der Waals surface area contributed by atoms with Crippen LogP contribution in [0.1, 0.15) is 65.1 Å². The molecule has 1 saturated carbocycles. The molecule has 33 heavy (non-hydrogen) atoms. The zero-order valence-electron chi connectivity index (χ0n) is 19.4. The molecule has 1 aliphatic carbocycles. The number of rotatable bonds is 6. The highest BCUT2D eigenvalue weighted by Crippen LogP contribution is 2.60. The number of esters is 1. The van der Waals surface area contributed by atoms with Crippen molar-refractivity contribution in [3.05, 3.63) is 24.2 Å². The maximum absolute atomic E-state index is 12.6. The van der Waals surface area contributed by atoms with Gasteiger partial charge in [-0.25, -0.2) is 9.78 Å². The van der Waals surface area contributed by atoms with E-state index in [-0.39, 0.29) is 43.0 Å². The van der Waals surface area contributed by atoms with Crippen molar-refractivity contribution in [1.29, 1.82) is 0 Å². The van der Waals surface area contributed by atoms with Crippen molar-refractivity contribution in [2.24, 2.45) is 23.7 Å². The molecule has 1 aromatic rings. The molecular formula is C24H33NO8. The molecule has 5 aliphatic rings. The first kappa shape index (κ1) is 22.8. The minimum atomic E-state index is -0.876. The molecule has 6 rings (SSSR count). The topological polar surface area (TPSA) is 105 Å². The van der Waals surface area contributed by atoms with Crippen LogP contribution in [0.25, 0.3) is 0 Å². The van der Waals surface area contributed by atoms with Crippen LogP contribution in [0.3, 0.4) is 0 Å². The fraction of sp³-hybridized carbons (Fsp3) is 0.750. The number of amides is 1. The molecule has 1 N–H and O–H groups in total. The Morgan fingerprint density at radius 1 is 1.15 bits per heavy atom. The Kier molecular flexibility index (Phi) is 6.01. The van der Waals surface area contributed by atoms with Gasteiger partial charge >= 0.3 is 5.97 Å². The van der Waals surface area contributed by atoms with Gasteiger partial charge in [0.25, 0.3) is 0 Å². The second-order valence-corrected chi connectivity index (χ2v) is 10.1. The van der Waals surface area contributed by atoms with Crippen molar-refractivity contribution in [2.45, 2.75) is 89.8 Å². The Morgan fingerprint density at radius 2 is 2.00 bits per heavy atom. The van der Waals surface area contributed by atoms with Crippen molar-refractivity contribution in [2.75, 3.05) is 0 Å². The van der Waals surface area contributed by atoms with Gasteiger partial charge in [0, 0.05) is 24.7 Å². The number of ether oxygens (including phenoxy) is 3. The third-order valence-electron chi connectivity index (χ3n) is 7.94. The van der Waals surface area contributed by atoms with E-state index in [1.165, 1.54) is 0 Å². The number of carbonyl (C=O) groups excluding carboxylic acids is 2. The highest BCUT2D eigenvalue weighted by Gasteiger charge is 2.69. The molecule has 9 nitrogen and oxygen atoms in total. The molecule has 8 atom stereocenters. The van der Waals surface area contributed by atoms with E-state index in [0.29, 0.717) is 11.7 Å². The minimum Gasteiger partial charge on any atom is -0.467 e. The predicted molar refractivity (Wildman–Crippen MR) is 113 cm³/mol. The SMILES string of the molecule is C[C@H]1[C@H](OC(=O)CCC(=O)NCc2ccco2)O[C@@H]2O[C@@]3(C)CC[C@H]4[C@H](C)CC[C@@H]1[C@]24OO3. The minimum absolute atomic E-state index is 0.0303. The van der Waals surface area contributed by atoms with Gasteiger partial charge in [0.15, 0.2) is 11.9 Å². The van der Waals surface area contributed by atoms with E-state index in [9.17, 15) is 9.59 Å². The van der Waals surface area contributed by atoms with Gasteiger partial charge in [-0.1, -0.05) is 13.8 Å². The monoisotopic (exact) mass is 463 g/mol. The molecule has 5 fully saturated rings. The van der Waals surface area contributed by atoms with E-state index in [1.54, 1.807) is 18.4 Å². The van der Waals surface area contributed by atoms with Crippen LogP contribution >= 0.6 is 0 Å². The Labute approximate surface area is 193 Å². The summed E-state index contributed by atoms with van der Waals surface area (Å²) in [7, 11) is 0. The van der Waals surface area contributed by atoms with Crippen LogP contribution < -0.4 is 5.32 Å². The van der Waals surface area contributed by atoms with Crippen molar-refractivity contribution in [1.82, 2.24) is 5.32 Å². The van der Waals surface area contributed by atoms with Crippen LogP contribution in [0.5, 0.6) is 0 Å². The molecule has 4 saturated heterocycles. The summed E-state index contributed by atoms with van der Waals surface area (Å²) < 4.78 is 23.4. The van der Waals surface area contributed by atoms with Crippen molar-refractivity contribution >= 4 is 11.9 Å². The Hall–Kier alpha value is -1.94. The molecule has 0 aromatic carbocycles. The van der Waals surface area contributed by atoms with Crippen molar-refractivity contribution < 1.29 is 38.0 Å². The number of nitrogens with one attached hydrogen (secondary N) is 1. The number of hydrogen-bond donors (Lipinski definition) is 1. The van der Waals surface area contributed by atoms with Gasteiger partial charge in [0.05, 0.1) is 19.2 Å². The predicted octanol–water partition coefficient (Wildman–Crippen LogP) is 3.43. The zero-order chi connectivity index (χ0) is 23.2. The summed E-state index contributed by atoms with van der Waals surface area (Å²) in [6.07, 6.45) is 3.78. The smallest absolute Gasteiger partial charge is 0.308 e. The van der Waals surface area contributed by atoms with Gasteiger partial charge in [-0.15, -0.1) is 0 Å². The summed E-state index contributed by atoms with van der Waals surface area (Å²) in [6, 6.07) is 3.53. The standard InChI is InChI=1S/C24H33NO8/c1-14-6-7-18-15(2)21(29-20(27)9-8-19(26)25-13-16-5-4-12-28-16)30-22-24(18)17(14)10-11-23(3,31-22)32-33-24/h4-5,12,14-15,17-18,21-22H,6-11,13H2,1-3H3,(H,25,26)/t14-,15-,17+,18+,21-,22-,23-,24+/m1/s1. The first-order valence-corrected chi connectivity index (χ1v) is 12.0. The van der Waals surface area contributed by atoms with Gasteiger partial charge in [0.2, 0.25) is 18.0 Å². The summed E-state index contributed by atoms with van der Waals surface area (Å²) in [5.41, 5.74) is -0.693. The highest BCUT2D eigenvalue weighted by molar-refractivity contribution is 5.81. The number of fused-ring (bicyclic) bond motifs is 2. The number of furan rings is 1. The van der Waals surface area contributed by atoms with E-state index in [2.05, 4.69) is 12.2 Å². The summed E-state index contributed by atoms with van der Waals surface area (Å²) in [5, 5.41) is 2.73. The lowest BCUT2D eigenvalue weighted by atomic mass is 9.58. The maximum atomic E-state index is 12.6. The van der Waals surface area contributed by atoms with Gasteiger partial charge in [-0.2, -0.15) is 0 Å². The van der Waals surface area contributed by atoms with Crippen molar-refractivity contribution in [3.63, 3.8) is 0 Å². The third-order valence-corrected chi connectivity index (χ3v) is 7.94. The normalized spacial score (nSPS) is 41.7. The van der Waals surface area contributed by atoms with Crippen LogP contribution in [-0.4, -0.2) is 35.8 Å². The molecule has 182 valence electrons. The molecule has 9 heteroatoms. The summed E-state index contributed by atoms with van der Waals surface area (Å²) in [6.45, 7) is 6.43. The average Bonchev–Trinajstić information content (AvgIpc) is 3.21. The first-order chi connectivity index (χ1) is 15.8. The number of carbonyl (C=O) groups is 2. The van der Waals surface area contributed by atoms with E-state index in [0.717, 1.165) is 25.7 Å². The Balaban J connectivity index is 1.22. The van der Waals surface area contributed by atoms with E-state index >= 15 is 0 Å². The largest absolute Gasteiger partial charge is 0.467 e. The van der Waals surface area contributed by atoms with Crippen LogP contribution in [0.15, 0.2) is 22.8 Å². The molecule has 4 aliphatic heterocycles. The molecular weight excluding hydrogens is 430 g/mol. The average molecular weight is 464 g/mol. The first-order valence-electron chi connectivity index (χ1n) is 12.0. The number of hydrogen-bond acceptors (Lipinski definition) is 8. The molecule has 1 aromatic heterocycles. The lowest BCUT2D eigenvalue weighted by Crippen LogP contribution is -2.70. The second-order valence-electron chi connectivity index (χ2n) is 10.1. The summed E-state index contributed by atoms with van der Waals surface area (Å²) in [4.78, 5) is 36.5. The molecule has 2 bridgehead atoms. The fourth-order valence-electron chi connectivity index (χ4n) is 6.10. The van der Waals surface area contributed by atoms with E-state index in [4.69, 9.17) is 28.4 Å². The highest BCUT2D eigenvalue weighted by atomic mass is 17.3.